The first-order valence-corrected chi connectivity index (χ1v) is 5.85. The summed E-state index contributed by atoms with van der Waals surface area (Å²) in [6.07, 6.45) is 2.16. The lowest BCUT2D eigenvalue weighted by atomic mass is 10.2. The first kappa shape index (κ1) is 12.0. The minimum atomic E-state index is -0.658. The van der Waals surface area contributed by atoms with Gasteiger partial charge in [-0.15, -0.1) is 0 Å². The molecule has 2 heterocycles. The van der Waals surface area contributed by atoms with Crippen LogP contribution >= 0.6 is 0 Å². The SMILES string of the molecule is O=C(OC1COCCO1)c1ccc2c(c1)OC=CO2. The largest absolute Gasteiger partial charge is 0.458 e. The molecule has 1 fully saturated rings. The zero-order valence-corrected chi connectivity index (χ0v) is 10.0. The molecule has 6 heteroatoms. The van der Waals surface area contributed by atoms with Gasteiger partial charge in [-0.2, -0.15) is 0 Å². The Morgan fingerprint density at radius 3 is 2.79 bits per heavy atom. The fourth-order valence-corrected chi connectivity index (χ4v) is 1.75. The van der Waals surface area contributed by atoms with Gasteiger partial charge in [0.05, 0.1) is 18.8 Å². The number of ether oxygens (including phenoxy) is 5. The van der Waals surface area contributed by atoms with Crippen LogP contribution in [0.25, 0.3) is 0 Å². The zero-order valence-electron chi connectivity index (χ0n) is 10.0. The number of carbonyl (C=O) groups is 1. The second-order valence-electron chi connectivity index (χ2n) is 3.95. The molecule has 0 aliphatic carbocycles. The molecule has 1 saturated heterocycles. The van der Waals surface area contributed by atoms with Crippen LogP contribution in [0.3, 0.4) is 0 Å². The molecule has 2 aliphatic rings. The minimum Gasteiger partial charge on any atom is -0.458 e. The Hall–Kier alpha value is -2.05. The van der Waals surface area contributed by atoms with Crippen LogP contribution in [0.5, 0.6) is 11.5 Å². The molecule has 2 aliphatic heterocycles. The summed E-state index contributed by atoms with van der Waals surface area (Å²) in [6, 6.07) is 4.81. The maximum atomic E-state index is 11.9. The van der Waals surface area contributed by atoms with Crippen molar-refractivity contribution in [2.24, 2.45) is 0 Å². The van der Waals surface area contributed by atoms with Crippen LogP contribution in [0.1, 0.15) is 10.4 Å². The molecule has 0 saturated carbocycles. The molecule has 0 amide bonds. The van der Waals surface area contributed by atoms with Crippen molar-refractivity contribution in [1.29, 1.82) is 0 Å². The Kier molecular flexibility index (Phi) is 3.35. The fraction of sp³-hybridized carbons (Fsp3) is 0.308. The molecule has 1 aromatic carbocycles. The fourth-order valence-electron chi connectivity index (χ4n) is 1.75. The monoisotopic (exact) mass is 264 g/mol. The molecule has 6 nitrogen and oxygen atoms in total. The summed E-state index contributed by atoms with van der Waals surface area (Å²) in [5.74, 6) is 0.533. The summed E-state index contributed by atoms with van der Waals surface area (Å²) >= 11 is 0. The summed E-state index contributed by atoms with van der Waals surface area (Å²) in [6.45, 7) is 1.19. The highest BCUT2D eigenvalue weighted by molar-refractivity contribution is 5.90. The lowest BCUT2D eigenvalue weighted by molar-refractivity contribution is -0.186. The van der Waals surface area contributed by atoms with E-state index >= 15 is 0 Å². The second kappa shape index (κ2) is 5.29. The molecule has 0 spiro atoms. The van der Waals surface area contributed by atoms with Crippen molar-refractivity contribution in [3.05, 3.63) is 36.3 Å². The first-order valence-electron chi connectivity index (χ1n) is 5.85. The molecule has 1 atom stereocenters. The van der Waals surface area contributed by atoms with E-state index in [1.165, 1.54) is 12.5 Å². The Labute approximate surface area is 109 Å². The standard InChI is InChI=1S/C13H12O6/c14-13(19-12-8-15-3-4-18-12)9-1-2-10-11(7-9)17-6-5-16-10/h1-2,5-7,12H,3-4,8H2. The Morgan fingerprint density at radius 1 is 1.16 bits per heavy atom. The van der Waals surface area contributed by atoms with Gasteiger partial charge in [0.2, 0.25) is 6.29 Å². The molecule has 3 rings (SSSR count). The smallest absolute Gasteiger partial charge is 0.340 e. The predicted molar refractivity (Wildman–Crippen MR) is 62.8 cm³/mol. The molecular weight excluding hydrogens is 252 g/mol. The van der Waals surface area contributed by atoms with Crippen molar-refractivity contribution in [3.8, 4) is 11.5 Å². The van der Waals surface area contributed by atoms with Crippen LogP contribution in [0.2, 0.25) is 0 Å². The van der Waals surface area contributed by atoms with Gasteiger partial charge < -0.3 is 23.7 Å². The first-order chi connectivity index (χ1) is 9.33. The van der Waals surface area contributed by atoms with Crippen LogP contribution in [0.4, 0.5) is 0 Å². The second-order valence-corrected chi connectivity index (χ2v) is 3.95. The number of hydrogen-bond donors (Lipinski definition) is 0. The Bertz CT molecular complexity index is 504. The van der Waals surface area contributed by atoms with Crippen molar-refractivity contribution in [1.82, 2.24) is 0 Å². The minimum absolute atomic E-state index is 0.249. The summed E-state index contributed by atoms with van der Waals surface area (Å²) < 4.78 is 26.0. The van der Waals surface area contributed by atoms with E-state index in [9.17, 15) is 4.79 Å². The molecule has 19 heavy (non-hydrogen) atoms. The number of fused-ring (bicyclic) bond motifs is 1. The van der Waals surface area contributed by atoms with E-state index in [2.05, 4.69) is 0 Å². The van der Waals surface area contributed by atoms with E-state index in [1.54, 1.807) is 18.2 Å². The van der Waals surface area contributed by atoms with Gasteiger partial charge in [-0.1, -0.05) is 0 Å². The van der Waals surface area contributed by atoms with Gasteiger partial charge in [-0.3, -0.25) is 0 Å². The van der Waals surface area contributed by atoms with Gasteiger partial charge in [0.1, 0.15) is 19.1 Å². The average Bonchev–Trinajstić information content (AvgIpc) is 2.48. The summed E-state index contributed by atoms with van der Waals surface area (Å²) in [4.78, 5) is 11.9. The Balaban J connectivity index is 1.69. The number of benzene rings is 1. The Morgan fingerprint density at radius 2 is 2.00 bits per heavy atom. The van der Waals surface area contributed by atoms with Crippen molar-refractivity contribution in [2.75, 3.05) is 19.8 Å². The lowest BCUT2D eigenvalue weighted by Gasteiger charge is -2.22. The maximum Gasteiger partial charge on any atom is 0.340 e. The summed E-state index contributed by atoms with van der Waals surface area (Å²) in [5, 5.41) is 0. The van der Waals surface area contributed by atoms with E-state index in [0.717, 1.165) is 0 Å². The van der Waals surface area contributed by atoms with E-state index in [4.69, 9.17) is 23.7 Å². The third kappa shape index (κ3) is 2.69. The van der Waals surface area contributed by atoms with Crippen LogP contribution in [0.15, 0.2) is 30.7 Å². The third-order valence-electron chi connectivity index (χ3n) is 2.65. The molecule has 0 bridgehead atoms. The molecule has 1 unspecified atom stereocenters. The van der Waals surface area contributed by atoms with Crippen LogP contribution in [0, 0.1) is 0 Å². The predicted octanol–water partition coefficient (Wildman–Crippen LogP) is 1.46. The quantitative estimate of drug-likeness (QED) is 0.753. The molecular formula is C13H12O6. The van der Waals surface area contributed by atoms with Gasteiger partial charge in [0.25, 0.3) is 0 Å². The normalized spacial score (nSPS) is 20.9. The zero-order chi connectivity index (χ0) is 13.1. The van der Waals surface area contributed by atoms with Gasteiger partial charge in [0, 0.05) is 0 Å². The molecule has 0 N–H and O–H groups in total. The molecule has 100 valence electrons. The molecule has 1 aromatic rings. The highest BCUT2D eigenvalue weighted by Gasteiger charge is 2.21. The van der Waals surface area contributed by atoms with Gasteiger partial charge in [0.15, 0.2) is 11.5 Å². The highest BCUT2D eigenvalue weighted by atomic mass is 16.7. The maximum absolute atomic E-state index is 11.9. The third-order valence-corrected chi connectivity index (χ3v) is 2.65. The van der Waals surface area contributed by atoms with Crippen molar-refractivity contribution in [3.63, 3.8) is 0 Å². The van der Waals surface area contributed by atoms with Gasteiger partial charge in [-0.05, 0) is 18.2 Å². The molecule has 0 aromatic heterocycles. The topological polar surface area (TPSA) is 63.2 Å². The van der Waals surface area contributed by atoms with Crippen molar-refractivity contribution >= 4 is 5.97 Å². The van der Waals surface area contributed by atoms with Crippen LogP contribution in [-0.4, -0.2) is 32.1 Å². The van der Waals surface area contributed by atoms with E-state index in [0.29, 0.717) is 30.3 Å². The van der Waals surface area contributed by atoms with Gasteiger partial charge >= 0.3 is 5.97 Å². The lowest BCUT2D eigenvalue weighted by Crippen LogP contribution is -2.32. The number of rotatable bonds is 2. The summed E-state index contributed by atoms with van der Waals surface area (Å²) in [7, 11) is 0. The van der Waals surface area contributed by atoms with Gasteiger partial charge in [-0.25, -0.2) is 4.79 Å². The summed E-state index contributed by atoms with van der Waals surface area (Å²) in [5.41, 5.74) is 0.367. The highest BCUT2D eigenvalue weighted by Crippen LogP contribution is 2.31. The average molecular weight is 264 g/mol. The van der Waals surface area contributed by atoms with E-state index < -0.39 is 12.3 Å². The van der Waals surface area contributed by atoms with Crippen molar-refractivity contribution in [2.45, 2.75) is 6.29 Å². The van der Waals surface area contributed by atoms with Crippen molar-refractivity contribution < 1.29 is 28.5 Å². The number of esters is 1. The van der Waals surface area contributed by atoms with Crippen LogP contribution < -0.4 is 9.47 Å². The molecule has 0 radical (unpaired) electrons. The number of carbonyl (C=O) groups excluding carboxylic acids is 1. The van der Waals surface area contributed by atoms with E-state index in [1.807, 2.05) is 0 Å². The van der Waals surface area contributed by atoms with E-state index in [-0.39, 0.29) is 6.61 Å². The van der Waals surface area contributed by atoms with Crippen LogP contribution in [-0.2, 0) is 14.2 Å². The number of hydrogen-bond acceptors (Lipinski definition) is 6.